The number of hydrogen-bond acceptors (Lipinski definition) is 3. The first kappa shape index (κ1) is 11.9. The van der Waals surface area contributed by atoms with Crippen LogP contribution in [-0.4, -0.2) is 16.5 Å². The third-order valence-corrected chi connectivity index (χ3v) is 4.22. The maximum atomic E-state index is 8.72. The van der Waals surface area contributed by atoms with E-state index in [1.54, 1.807) is 0 Å². The van der Waals surface area contributed by atoms with Crippen LogP contribution in [0.2, 0.25) is 0 Å². The Morgan fingerprint density at radius 3 is 2.71 bits per heavy atom. The molecule has 1 rings (SSSR count). The molecule has 2 nitrogen and oxygen atoms in total. The van der Waals surface area contributed by atoms with E-state index in [2.05, 4.69) is 17.8 Å². The van der Waals surface area contributed by atoms with E-state index in [0.29, 0.717) is 0 Å². The van der Waals surface area contributed by atoms with Crippen LogP contribution in [0.15, 0.2) is 0 Å². The van der Waals surface area contributed by atoms with Gasteiger partial charge in [-0.1, -0.05) is 12.8 Å². The average Bonchev–Trinajstić information content (AvgIpc) is 2.65. The number of nitrogens with zero attached hydrogens (tertiary/aromatic N) is 1. The monoisotopic (exact) mass is 212 g/mol. The van der Waals surface area contributed by atoms with Gasteiger partial charge in [-0.15, -0.1) is 0 Å². The number of hydrogen-bond donors (Lipinski definition) is 1. The fraction of sp³-hybridized carbons (Fsp3) is 0.909. The first-order valence-corrected chi connectivity index (χ1v) is 6.51. The van der Waals surface area contributed by atoms with Crippen LogP contribution in [0.4, 0.5) is 0 Å². The number of nitrogens with two attached hydrogens (primary N) is 1. The third-order valence-electron chi connectivity index (χ3n) is 2.75. The number of nitriles is 1. The van der Waals surface area contributed by atoms with Crippen LogP contribution in [0.5, 0.6) is 0 Å². The SMILES string of the molecule is CC(N)(C#N)CCCSC1CCCC1. The van der Waals surface area contributed by atoms with Crippen molar-refractivity contribution in [1.82, 2.24) is 0 Å². The molecule has 1 atom stereocenters. The topological polar surface area (TPSA) is 49.8 Å². The fourth-order valence-electron chi connectivity index (χ4n) is 1.80. The molecule has 2 N–H and O–H groups in total. The van der Waals surface area contributed by atoms with E-state index in [0.717, 1.165) is 18.1 Å². The molecule has 0 bridgehead atoms. The van der Waals surface area contributed by atoms with Gasteiger partial charge in [0.1, 0.15) is 5.54 Å². The zero-order valence-corrected chi connectivity index (χ0v) is 9.78. The lowest BCUT2D eigenvalue weighted by Gasteiger charge is -2.15. The predicted octanol–water partition coefficient (Wildman–Crippen LogP) is 2.68. The minimum absolute atomic E-state index is 0.615. The van der Waals surface area contributed by atoms with Crippen molar-refractivity contribution in [3.8, 4) is 6.07 Å². The van der Waals surface area contributed by atoms with Crippen molar-refractivity contribution in [2.24, 2.45) is 5.73 Å². The van der Waals surface area contributed by atoms with Crippen LogP contribution in [0, 0.1) is 11.3 Å². The molecule has 0 aromatic carbocycles. The standard InChI is InChI=1S/C11H20N2S/c1-11(13,9-12)7-4-8-14-10-5-2-3-6-10/h10H,2-8,13H2,1H3. The summed E-state index contributed by atoms with van der Waals surface area (Å²) in [6.45, 7) is 1.81. The molecule has 1 unspecified atom stereocenters. The average molecular weight is 212 g/mol. The Hall–Kier alpha value is -0.200. The zero-order chi connectivity index (χ0) is 10.4. The van der Waals surface area contributed by atoms with Gasteiger partial charge in [0.05, 0.1) is 6.07 Å². The minimum atomic E-state index is -0.615. The summed E-state index contributed by atoms with van der Waals surface area (Å²) in [6.07, 6.45) is 7.49. The van der Waals surface area contributed by atoms with Crippen LogP contribution in [0.25, 0.3) is 0 Å². The molecule has 0 heterocycles. The number of thioether (sulfide) groups is 1. The summed E-state index contributed by atoms with van der Waals surface area (Å²) in [5, 5.41) is 9.61. The van der Waals surface area contributed by atoms with Gasteiger partial charge in [-0.3, -0.25) is 0 Å². The zero-order valence-electron chi connectivity index (χ0n) is 8.96. The van der Waals surface area contributed by atoms with Crippen LogP contribution >= 0.6 is 11.8 Å². The maximum absolute atomic E-state index is 8.72. The summed E-state index contributed by atoms with van der Waals surface area (Å²) >= 11 is 2.07. The summed E-state index contributed by atoms with van der Waals surface area (Å²) in [5.41, 5.74) is 5.13. The Labute approximate surface area is 91.2 Å². The molecule has 80 valence electrons. The molecular formula is C11H20N2S. The molecule has 1 fully saturated rings. The van der Waals surface area contributed by atoms with Crippen molar-refractivity contribution in [2.75, 3.05) is 5.75 Å². The summed E-state index contributed by atoms with van der Waals surface area (Å²) in [7, 11) is 0. The van der Waals surface area contributed by atoms with Crippen molar-refractivity contribution in [3.63, 3.8) is 0 Å². The first-order chi connectivity index (χ1) is 6.64. The molecule has 0 aromatic heterocycles. The van der Waals surface area contributed by atoms with Gasteiger partial charge in [-0.25, -0.2) is 0 Å². The fourth-order valence-corrected chi connectivity index (χ4v) is 3.11. The van der Waals surface area contributed by atoms with Crippen molar-refractivity contribution >= 4 is 11.8 Å². The molecule has 1 saturated carbocycles. The smallest absolute Gasteiger partial charge is 0.101 e. The third kappa shape index (κ3) is 4.34. The molecular weight excluding hydrogens is 192 g/mol. The van der Waals surface area contributed by atoms with Crippen molar-refractivity contribution in [3.05, 3.63) is 0 Å². The lowest BCUT2D eigenvalue weighted by atomic mass is 10.0. The van der Waals surface area contributed by atoms with Crippen molar-refractivity contribution in [2.45, 2.75) is 56.2 Å². The van der Waals surface area contributed by atoms with E-state index in [4.69, 9.17) is 11.0 Å². The van der Waals surface area contributed by atoms with Crippen LogP contribution in [-0.2, 0) is 0 Å². The maximum Gasteiger partial charge on any atom is 0.101 e. The summed E-state index contributed by atoms with van der Waals surface area (Å²) in [5.74, 6) is 1.17. The predicted molar refractivity (Wildman–Crippen MR) is 62.2 cm³/mol. The van der Waals surface area contributed by atoms with Crippen LogP contribution in [0.3, 0.4) is 0 Å². The molecule has 0 saturated heterocycles. The van der Waals surface area contributed by atoms with Gasteiger partial charge in [0.25, 0.3) is 0 Å². The molecule has 0 aromatic rings. The minimum Gasteiger partial charge on any atom is -0.314 e. The highest BCUT2D eigenvalue weighted by Gasteiger charge is 2.18. The van der Waals surface area contributed by atoms with Gasteiger partial charge in [0.15, 0.2) is 0 Å². The lowest BCUT2D eigenvalue weighted by Crippen LogP contribution is -2.33. The molecule has 0 aliphatic heterocycles. The Balaban J connectivity index is 2.02. The van der Waals surface area contributed by atoms with E-state index in [-0.39, 0.29) is 0 Å². The van der Waals surface area contributed by atoms with E-state index in [9.17, 15) is 0 Å². The molecule has 0 radical (unpaired) electrons. The van der Waals surface area contributed by atoms with Crippen molar-refractivity contribution < 1.29 is 0 Å². The van der Waals surface area contributed by atoms with Gasteiger partial charge < -0.3 is 5.73 Å². The summed E-state index contributed by atoms with van der Waals surface area (Å²) < 4.78 is 0. The Morgan fingerprint density at radius 1 is 1.50 bits per heavy atom. The molecule has 1 aliphatic rings. The van der Waals surface area contributed by atoms with Gasteiger partial charge >= 0.3 is 0 Å². The second-order valence-electron chi connectivity index (χ2n) is 4.41. The normalized spacial score (nSPS) is 21.8. The Kier molecular flexibility index (Phi) is 4.77. The highest BCUT2D eigenvalue weighted by Crippen LogP contribution is 2.30. The highest BCUT2D eigenvalue weighted by molar-refractivity contribution is 7.99. The van der Waals surface area contributed by atoms with E-state index < -0.39 is 5.54 Å². The Bertz CT molecular complexity index is 202. The molecule has 14 heavy (non-hydrogen) atoms. The second-order valence-corrected chi connectivity index (χ2v) is 5.82. The molecule has 0 spiro atoms. The largest absolute Gasteiger partial charge is 0.314 e. The summed E-state index contributed by atoms with van der Waals surface area (Å²) in [4.78, 5) is 0. The first-order valence-electron chi connectivity index (χ1n) is 5.46. The lowest BCUT2D eigenvalue weighted by molar-refractivity contribution is 0.540. The van der Waals surface area contributed by atoms with Gasteiger partial charge in [-0.05, 0) is 38.4 Å². The van der Waals surface area contributed by atoms with Crippen molar-refractivity contribution in [1.29, 1.82) is 5.26 Å². The van der Waals surface area contributed by atoms with Gasteiger partial charge in [0, 0.05) is 5.25 Å². The molecule has 1 aliphatic carbocycles. The Morgan fingerprint density at radius 2 is 2.14 bits per heavy atom. The molecule has 3 heteroatoms. The van der Waals surface area contributed by atoms with E-state index >= 15 is 0 Å². The van der Waals surface area contributed by atoms with E-state index in [1.165, 1.54) is 31.4 Å². The van der Waals surface area contributed by atoms with Gasteiger partial charge in [-0.2, -0.15) is 17.0 Å². The van der Waals surface area contributed by atoms with E-state index in [1.807, 2.05) is 6.92 Å². The quantitative estimate of drug-likeness (QED) is 0.713. The second kappa shape index (κ2) is 5.63. The summed E-state index contributed by atoms with van der Waals surface area (Å²) in [6, 6.07) is 2.14. The number of rotatable bonds is 5. The van der Waals surface area contributed by atoms with Crippen LogP contribution < -0.4 is 5.73 Å². The van der Waals surface area contributed by atoms with Crippen LogP contribution in [0.1, 0.15) is 45.4 Å². The molecule has 0 amide bonds. The van der Waals surface area contributed by atoms with Gasteiger partial charge in [0.2, 0.25) is 0 Å². The highest BCUT2D eigenvalue weighted by atomic mass is 32.2.